The molecular formula is C18H22FNO. The number of benzene rings is 2. The molecule has 2 aromatic carbocycles. The van der Waals surface area contributed by atoms with Crippen LogP contribution in [0.15, 0.2) is 42.5 Å². The van der Waals surface area contributed by atoms with Crippen molar-refractivity contribution in [1.82, 2.24) is 5.32 Å². The van der Waals surface area contributed by atoms with Gasteiger partial charge >= 0.3 is 0 Å². The molecule has 2 aromatic rings. The Bertz CT molecular complexity index is 600. The minimum Gasteiger partial charge on any atom is -0.457 e. The molecule has 0 heterocycles. The summed E-state index contributed by atoms with van der Waals surface area (Å²) in [5, 5.41) is 3.00. The van der Waals surface area contributed by atoms with E-state index in [1.54, 1.807) is 0 Å². The summed E-state index contributed by atoms with van der Waals surface area (Å²) in [5.41, 5.74) is 2.21. The number of halogens is 1. The lowest BCUT2D eigenvalue weighted by Gasteiger charge is -2.19. The fraction of sp³-hybridized carbons (Fsp3) is 0.333. The van der Waals surface area contributed by atoms with Crippen LogP contribution in [0.3, 0.4) is 0 Å². The number of ether oxygens (including phenoxy) is 1. The maximum absolute atomic E-state index is 13.6. The molecule has 2 rings (SSSR count). The van der Waals surface area contributed by atoms with E-state index in [2.05, 4.69) is 26.1 Å². The quantitative estimate of drug-likeness (QED) is 0.885. The Hall–Kier alpha value is -1.87. The van der Waals surface area contributed by atoms with Gasteiger partial charge in [-0.25, -0.2) is 4.39 Å². The van der Waals surface area contributed by atoms with Crippen LogP contribution in [-0.2, 0) is 12.0 Å². The molecule has 0 fully saturated rings. The second-order valence-electron chi connectivity index (χ2n) is 6.20. The molecule has 0 spiro atoms. The molecule has 21 heavy (non-hydrogen) atoms. The van der Waals surface area contributed by atoms with Gasteiger partial charge in [0.1, 0.15) is 17.3 Å². The van der Waals surface area contributed by atoms with E-state index >= 15 is 0 Å². The van der Waals surface area contributed by atoms with Crippen molar-refractivity contribution in [3.05, 3.63) is 59.4 Å². The lowest BCUT2D eigenvalue weighted by Crippen LogP contribution is -2.10. The van der Waals surface area contributed by atoms with Crippen molar-refractivity contribution < 1.29 is 9.13 Å². The van der Waals surface area contributed by atoms with Crippen LogP contribution < -0.4 is 10.1 Å². The van der Waals surface area contributed by atoms with E-state index in [0.29, 0.717) is 18.0 Å². The predicted octanol–water partition coefficient (Wildman–Crippen LogP) is 4.63. The minimum absolute atomic E-state index is 0.108. The second-order valence-corrected chi connectivity index (χ2v) is 6.20. The van der Waals surface area contributed by atoms with Crippen molar-refractivity contribution in [2.24, 2.45) is 0 Å². The van der Waals surface area contributed by atoms with Crippen LogP contribution in [0.2, 0.25) is 0 Å². The van der Waals surface area contributed by atoms with Gasteiger partial charge in [0, 0.05) is 12.6 Å². The first-order valence-corrected chi connectivity index (χ1v) is 7.11. The smallest absolute Gasteiger partial charge is 0.130 e. The Morgan fingerprint density at radius 1 is 1.00 bits per heavy atom. The first-order chi connectivity index (χ1) is 9.88. The molecule has 0 aliphatic heterocycles. The Balaban J connectivity index is 2.18. The third-order valence-electron chi connectivity index (χ3n) is 3.27. The first kappa shape index (κ1) is 15.5. The maximum Gasteiger partial charge on any atom is 0.130 e. The average Bonchev–Trinajstić information content (AvgIpc) is 2.38. The zero-order valence-corrected chi connectivity index (χ0v) is 13.0. The van der Waals surface area contributed by atoms with Crippen LogP contribution in [0.25, 0.3) is 0 Å². The minimum atomic E-state index is -0.288. The van der Waals surface area contributed by atoms with E-state index in [9.17, 15) is 4.39 Å². The molecule has 0 saturated heterocycles. The standard InChI is InChI=1S/C18H22FNO/c1-18(2,3)14-5-7-16(8-6-14)21-17-10-13(12-20-4)9-15(19)11-17/h5-11,20H,12H2,1-4H3. The lowest BCUT2D eigenvalue weighted by atomic mass is 9.87. The van der Waals surface area contributed by atoms with Crippen molar-refractivity contribution >= 4 is 0 Å². The molecule has 0 aliphatic carbocycles. The Kier molecular flexibility index (Phi) is 4.63. The van der Waals surface area contributed by atoms with E-state index in [4.69, 9.17) is 4.74 Å². The summed E-state index contributed by atoms with van der Waals surface area (Å²) in [7, 11) is 1.83. The van der Waals surface area contributed by atoms with Crippen LogP contribution in [0.4, 0.5) is 4.39 Å². The molecule has 0 radical (unpaired) electrons. The first-order valence-electron chi connectivity index (χ1n) is 7.11. The molecule has 0 amide bonds. The highest BCUT2D eigenvalue weighted by Gasteiger charge is 2.13. The van der Waals surface area contributed by atoms with Crippen LogP contribution >= 0.6 is 0 Å². The molecule has 112 valence electrons. The lowest BCUT2D eigenvalue weighted by molar-refractivity contribution is 0.474. The van der Waals surface area contributed by atoms with Crippen LogP contribution in [0, 0.1) is 5.82 Å². The van der Waals surface area contributed by atoms with Crippen molar-refractivity contribution in [2.45, 2.75) is 32.7 Å². The topological polar surface area (TPSA) is 21.3 Å². The molecule has 0 unspecified atom stereocenters. The Labute approximate surface area is 126 Å². The van der Waals surface area contributed by atoms with Gasteiger partial charge in [0.15, 0.2) is 0 Å². The van der Waals surface area contributed by atoms with Gasteiger partial charge in [0.25, 0.3) is 0 Å². The molecule has 2 nitrogen and oxygen atoms in total. The molecule has 0 atom stereocenters. The van der Waals surface area contributed by atoms with Crippen molar-refractivity contribution in [3.8, 4) is 11.5 Å². The monoisotopic (exact) mass is 287 g/mol. The third kappa shape index (κ3) is 4.30. The second kappa shape index (κ2) is 6.27. The van der Waals surface area contributed by atoms with Gasteiger partial charge in [-0.2, -0.15) is 0 Å². The molecule has 3 heteroatoms. The summed E-state index contributed by atoms with van der Waals surface area (Å²) in [6.45, 7) is 7.11. The SMILES string of the molecule is CNCc1cc(F)cc(Oc2ccc(C(C)(C)C)cc2)c1. The summed E-state index contributed by atoms with van der Waals surface area (Å²) >= 11 is 0. The van der Waals surface area contributed by atoms with E-state index in [1.807, 2.05) is 37.4 Å². The highest BCUT2D eigenvalue weighted by molar-refractivity contribution is 5.37. The number of hydrogen-bond donors (Lipinski definition) is 1. The van der Waals surface area contributed by atoms with Crippen molar-refractivity contribution in [2.75, 3.05) is 7.05 Å². The van der Waals surface area contributed by atoms with Gasteiger partial charge in [-0.05, 0) is 47.9 Å². The zero-order valence-electron chi connectivity index (χ0n) is 13.0. The number of nitrogens with one attached hydrogen (secondary N) is 1. The molecular weight excluding hydrogens is 265 g/mol. The molecule has 0 aromatic heterocycles. The van der Waals surface area contributed by atoms with Gasteiger partial charge < -0.3 is 10.1 Å². The fourth-order valence-electron chi connectivity index (χ4n) is 2.14. The van der Waals surface area contributed by atoms with Crippen molar-refractivity contribution in [1.29, 1.82) is 0 Å². The van der Waals surface area contributed by atoms with E-state index in [1.165, 1.54) is 17.7 Å². The summed E-state index contributed by atoms with van der Waals surface area (Å²) in [4.78, 5) is 0. The average molecular weight is 287 g/mol. The summed E-state index contributed by atoms with van der Waals surface area (Å²) < 4.78 is 19.3. The van der Waals surface area contributed by atoms with Gasteiger partial charge in [-0.1, -0.05) is 32.9 Å². The summed E-state index contributed by atoms with van der Waals surface area (Å²) in [6, 6.07) is 12.7. The van der Waals surface area contributed by atoms with Gasteiger partial charge in [-0.15, -0.1) is 0 Å². The third-order valence-corrected chi connectivity index (χ3v) is 3.27. The largest absolute Gasteiger partial charge is 0.457 e. The highest BCUT2D eigenvalue weighted by atomic mass is 19.1. The van der Waals surface area contributed by atoms with Gasteiger partial charge in [-0.3, -0.25) is 0 Å². The zero-order chi connectivity index (χ0) is 15.5. The van der Waals surface area contributed by atoms with Crippen LogP contribution in [0.5, 0.6) is 11.5 Å². The van der Waals surface area contributed by atoms with Crippen molar-refractivity contribution in [3.63, 3.8) is 0 Å². The van der Waals surface area contributed by atoms with E-state index < -0.39 is 0 Å². The van der Waals surface area contributed by atoms with Gasteiger partial charge in [0.2, 0.25) is 0 Å². The van der Waals surface area contributed by atoms with E-state index in [0.717, 1.165) is 5.56 Å². The Morgan fingerprint density at radius 2 is 1.67 bits per heavy atom. The van der Waals surface area contributed by atoms with Crippen LogP contribution in [-0.4, -0.2) is 7.05 Å². The van der Waals surface area contributed by atoms with Crippen LogP contribution in [0.1, 0.15) is 31.9 Å². The molecule has 1 N–H and O–H groups in total. The summed E-state index contributed by atoms with van der Waals surface area (Å²) in [5.74, 6) is 0.942. The number of hydrogen-bond acceptors (Lipinski definition) is 2. The molecule has 0 aliphatic rings. The molecule has 0 bridgehead atoms. The Morgan fingerprint density at radius 3 is 2.24 bits per heavy atom. The molecule has 0 saturated carbocycles. The summed E-state index contributed by atoms with van der Waals surface area (Å²) in [6.07, 6.45) is 0. The maximum atomic E-state index is 13.6. The predicted molar refractivity (Wildman–Crippen MR) is 84.4 cm³/mol. The normalized spacial score (nSPS) is 11.5. The number of rotatable bonds is 4. The van der Waals surface area contributed by atoms with E-state index in [-0.39, 0.29) is 11.2 Å². The van der Waals surface area contributed by atoms with Gasteiger partial charge in [0.05, 0.1) is 0 Å². The highest BCUT2D eigenvalue weighted by Crippen LogP contribution is 2.27. The fourth-order valence-corrected chi connectivity index (χ4v) is 2.14.